The number of quaternary nitrogens is 1. The quantitative estimate of drug-likeness (QED) is 0.624. The van der Waals surface area contributed by atoms with Crippen LogP contribution < -0.4 is 0 Å². The molecule has 1 saturated carbocycles. The molecule has 2 aliphatic rings. The van der Waals surface area contributed by atoms with Crippen molar-refractivity contribution in [3.63, 3.8) is 0 Å². The monoisotopic (exact) mass is 394 g/mol. The Bertz CT molecular complexity index is 845. The lowest BCUT2D eigenvalue weighted by Crippen LogP contribution is -2.53. The molecule has 2 fully saturated rings. The molecule has 29 heavy (non-hydrogen) atoms. The second-order valence-electron chi connectivity index (χ2n) is 9.60. The molecule has 2 bridgehead atoms. The van der Waals surface area contributed by atoms with Crippen molar-refractivity contribution in [1.82, 2.24) is 0 Å². The number of esters is 1. The highest BCUT2D eigenvalue weighted by molar-refractivity contribution is 5.85. The van der Waals surface area contributed by atoms with Gasteiger partial charge in [-0.25, -0.2) is 4.79 Å². The van der Waals surface area contributed by atoms with E-state index in [9.17, 15) is 9.90 Å². The first-order chi connectivity index (χ1) is 13.8. The van der Waals surface area contributed by atoms with Crippen LogP contribution in [0.15, 0.2) is 54.6 Å². The van der Waals surface area contributed by atoms with Crippen LogP contribution in [-0.2, 0) is 15.1 Å². The molecular formula is C25H32NO3+. The summed E-state index contributed by atoms with van der Waals surface area (Å²) in [6.07, 6.45) is 2.44. The minimum Gasteiger partial charge on any atom is -0.463 e. The number of aryl methyl sites for hydroxylation is 1. The van der Waals surface area contributed by atoms with Crippen molar-refractivity contribution in [1.29, 1.82) is 0 Å². The van der Waals surface area contributed by atoms with Crippen molar-refractivity contribution < 1.29 is 19.1 Å². The summed E-state index contributed by atoms with van der Waals surface area (Å²) >= 11 is 0. The van der Waals surface area contributed by atoms with E-state index in [2.05, 4.69) is 14.1 Å². The minimum atomic E-state index is -1.79. The zero-order valence-electron chi connectivity index (χ0n) is 17.7. The lowest BCUT2D eigenvalue weighted by atomic mass is 9.84. The number of piperidine rings is 1. The first kappa shape index (κ1) is 20.1. The molecule has 1 saturated heterocycles. The Labute approximate surface area is 173 Å². The highest BCUT2D eigenvalue weighted by Gasteiger charge is 2.48. The van der Waals surface area contributed by atoms with Crippen molar-refractivity contribution in [2.24, 2.45) is 17.8 Å². The van der Waals surface area contributed by atoms with Gasteiger partial charge in [-0.3, -0.25) is 0 Å². The summed E-state index contributed by atoms with van der Waals surface area (Å²) < 4.78 is 6.89. The van der Waals surface area contributed by atoms with Crippen LogP contribution in [0.1, 0.15) is 29.5 Å². The maximum atomic E-state index is 13.3. The summed E-state index contributed by atoms with van der Waals surface area (Å²) in [6.45, 7) is 4.66. The third-order valence-corrected chi connectivity index (χ3v) is 6.94. The van der Waals surface area contributed by atoms with Gasteiger partial charge in [0.2, 0.25) is 5.60 Å². The average molecular weight is 395 g/mol. The third kappa shape index (κ3) is 3.84. The van der Waals surface area contributed by atoms with Crippen LogP contribution in [0.2, 0.25) is 0 Å². The molecule has 0 radical (unpaired) electrons. The van der Waals surface area contributed by atoms with Crippen LogP contribution in [0.5, 0.6) is 0 Å². The van der Waals surface area contributed by atoms with Crippen LogP contribution >= 0.6 is 0 Å². The van der Waals surface area contributed by atoms with Gasteiger partial charge in [-0.1, -0.05) is 60.2 Å². The fourth-order valence-electron chi connectivity index (χ4n) is 5.46. The first-order valence-electron chi connectivity index (χ1n) is 10.6. The van der Waals surface area contributed by atoms with E-state index in [4.69, 9.17) is 4.74 Å². The first-order valence-corrected chi connectivity index (χ1v) is 10.6. The van der Waals surface area contributed by atoms with E-state index in [0.717, 1.165) is 23.1 Å². The Morgan fingerprint density at radius 3 is 2.14 bits per heavy atom. The largest absolute Gasteiger partial charge is 0.463 e. The van der Waals surface area contributed by atoms with E-state index < -0.39 is 11.6 Å². The summed E-state index contributed by atoms with van der Waals surface area (Å²) in [5, 5.41) is 11.6. The van der Waals surface area contributed by atoms with E-state index >= 15 is 0 Å². The predicted molar refractivity (Wildman–Crippen MR) is 113 cm³/mol. The van der Waals surface area contributed by atoms with E-state index in [-0.39, 0.29) is 0 Å². The second-order valence-corrected chi connectivity index (χ2v) is 9.60. The van der Waals surface area contributed by atoms with Gasteiger partial charge in [-0.15, -0.1) is 0 Å². The summed E-state index contributed by atoms with van der Waals surface area (Å²) in [7, 11) is 4.58. The van der Waals surface area contributed by atoms with Crippen molar-refractivity contribution >= 4 is 5.97 Å². The van der Waals surface area contributed by atoms with Crippen molar-refractivity contribution in [3.05, 3.63) is 71.3 Å². The molecule has 4 nitrogen and oxygen atoms in total. The van der Waals surface area contributed by atoms with Gasteiger partial charge in [0.1, 0.15) is 0 Å². The summed E-state index contributed by atoms with van der Waals surface area (Å²) in [6, 6.07) is 16.6. The number of rotatable bonds is 5. The van der Waals surface area contributed by atoms with Gasteiger partial charge in [-0.2, -0.15) is 0 Å². The molecule has 1 aliphatic carbocycles. The Morgan fingerprint density at radius 1 is 1.00 bits per heavy atom. The molecule has 154 valence electrons. The van der Waals surface area contributed by atoms with Gasteiger partial charge >= 0.3 is 5.97 Å². The molecule has 0 spiro atoms. The lowest BCUT2D eigenvalue weighted by molar-refractivity contribution is -0.902. The van der Waals surface area contributed by atoms with Crippen LogP contribution in [0, 0.1) is 24.7 Å². The lowest BCUT2D eigenvalue weighted by Gasteiger charge is -2.42. The fraction of sp³-hybridized carbons (Fsp3) is 0.480. The van der Waals surface area contributed by atoms with Crippen LogP contribution in [0.4, 0.5) is 0 Å². The zero-order valence-corrected chi connectivity index (χ0v) is 17.7. The minimum absolute atomic E-state index is 0.398. The highest BCUT2D eigenvalue weighted by atomic mass is 16.5. The summed E-state index contributed by atoms with van der Waals surface area (Å²) in [5.74, 6) is 1.02. The highest BCUT2D eigenvalue weighted by Crippen LogP contribution is 2.44. The molecule has 1 aliphatic heterocycles. The molecule has 0 amide bonds. The Kier molecular flexibility index (Phi) is 5.26. The number of carbonyl (C=O) groups excluding carboxylic acids is 1. The number of aliphatic hydroxyl groups is 1. The molecule has 1 heterocycles. The van der Waals surface area contributed by atoms with Gasteiger partial charge in [0.25, 0.3) is 0 Å². The Hall–Kier alpha value is -2.17. The van der Waals surface area contributed by atoms with E-state index in [1.165, 1.54) is 12.8 Å². The van der Waals surface area contributed by atoms with Gasteiger partial charge in [0, 0.05) is 17.8 Å². The van der Waals surface area contributed by atoms with Crippen LogP contribution in [0.25, 0.3) is 0 Å². The van der Waals surface area contributed by atoms with Gasteiger partial charge in [0.15, 0.2) is 0 Å². The maximum absolute atomic E-state index is 13.3. The number of carbonyl (C=O) groups is 1. The Balaban J connectivity index is 1.56. The van der Waals surface area contributed by atoms with E-state index in [1.54, 1.807) is 12.1 Å². The number of benzene rings is 2. The number of ether oxygens (including phenoxy) is 1. The molecule has 1 N–H and O–H groups in total. The normalized spacial score (nSPS) is 27.2. The van der Waals surface area contributed by atoms with Gasteiger partial charge < -0.3 is 14.3 Å². The zero-order chi connectivity index (χ0) is 20.6. The number of fused-ring (bicyclic) bond motifs is 2. The van der Waals surface area contributed by atoms with Crippen molar-refractivity contribution in [3.8, 4) is 0 Å². The average Bonchev–Trinajstić information content (AvgIpc) is 2.97. The van der Waals surface area contributed by atoms with E-state index in [1.807, 2.05) is 49.4 Å². The van der Waals surface area contributed by atoms with Gasteiger partial charge in [0.05, 0.1) is 33.8 Å². The smallest absolute Gasteiger partial charge is 0.347 e. The van der Waals surface area contributed by atoms with Gasteiger partial charge in [-0.05, 0) is 30.9 Å². The molecule has 3 unspecified atom stereocenters. The van der Waals surface area contributed by atoms with E-state index in [0.29, 0.717) is 35.5 Å². The number of hydrogen-bond acceptors (Lipinski definition) is 3. The topological polar surface area (TPSA) is 46.5 Å². The molecule has 2 aromatic carbocycles. The molecule has 2 aromatic rings. The van der Waals surface area contributed by atoms with Crippen LogP contribution in [-0.4, -0.2) is 49.4 Å². The Morgan fingerprint density at radius 2 is 1.55 bits per heavy atom. The predicted octanol–water partition coefficient (Wildman–Crippen LogP) is 3.51. The molecule has 4 rings (SSSR count). The summed E-state index contributed by atoms with van der Waals surface area (Å²) in [4.78, 5) is 13.3. The number of hydrogen-bond donors (Lipinski definition) is 1. The SMILES string of the molecule is Cc1ccc(C(O)(C(=O)OCC2C3CCC2C[N+](C)(C)C3)c2ccccc2)cc1. The molecular weight excluding hydrogens is 362 g/mol. The van der Waals surface area contributed by atoms with Crippen LogP contribution in [0.3, 0.4) is 0 Å². The van der Waals surface area contributed by atoms with Crippen molar-refractivity contribution in [2.45, 2.75) is 25.4 Å². The number of nitrogens with zero attached hydrogens (tertiary/aromatic N) is 1. The summed E-state index contributed by atoms with van der Waals surface area (Å²) in [5.41, 5.74) is 0.372. The molecule has 0 aromatic heterocycles. The standard InChI is InChI=1S/C25H32NO3/c1-18-9-13-22(14-10-18)25(28,21-7-5-4-6-8-21)24(27)29-17-23-19-11-12-20(23)16-26(2,3)15-19/h4-10,13-14,19-20,23,28H,11-12,15-17H2,1-3H3/q+1. The molecule has 4 heteroatoms. The third-order valence-electron chi connectivity index (χ3n) is 6.94. The maximum Gasteiger partial charge on any atom is 0.347 e. The second kappa shape index (κ2) is 7.58. The van der Waals surface area contributed by atoms with Crippen molar-refractivity contribution in [2.75, 3.05) is 33.8 Å². The molecule has 3 atom stereocenters. The fourth-order valence-corrected chi connectivity index (χ4v) is 5.46. The number of likely N-dealkylation sites (tertiary alicyclic amines) is 1.